The maximum absolute atomic E-state index is 5.60. The van der Waals surface area contributed by atoms with E-state index in [2.05, 4.69) is 18.7 Å². The molecule has 0 saturated carbocycles. The molecule has 17 heavy (non-hydrogen) atoms. The molecule has 2 unspecified atom stereocenters. The van der Waals surface area contributed by atoms with Crippen molar-refractivity contribution in [3.05, 3.63) is 0 Å². The molecule has 0 saturated heterocycles. The fourth-order valence-corrected chi connectivity index (χ4v) is 2.08. The second-order valence-corrected chi connectivity index (χ2v) is 4.53. The molecule has 0 radical (unpaired) electrons. The predicted molar refractivity (Wildman–Crippen MR) is 72.3 cm³/mol. The fourth-order valence-electron chi connectivity index (χ4n) is 2.08. The van der Waals surface area contributed by atoms with Crippen LogP contribution >= 0.6 is 0 Å². The van der Waals surface area contributed by atoms with E-state index >= 15 is 0 Å². The average molecular weight is 246 g/mol. The second-order valence-electron chi connectivity index (χ2n) is 4.53. The van der Waals surface area contributed by atoms with Gasteiger partial charge in [-0.05, 0) is 32.7 Å². The quantitative estimate of drug-likeness (QED) is 0.600. The SMILES string of the molecule is CCC(C)N(CCOC)C(CCCN)COC. The third kappa shape index (κ3) is 6.99. The summed E-state index contributed by atoms with van der Waals surface area (Å²) in [4.78, 5) is 2.49. The number of nitrogens with two attached hydrogens (primary N) is 1. The van der Waals surface area contributed by atoms with E-state index in [1.165, 1.54) is 0 Å². The van der Waals surface area contributed by atoms with E-state index in [9.17, 15) is 0 Å². The second kappa shape index (κ2) is 11.0. The van der Waals surface area contributed by atoms with Crippen molar-refractivity contribution in [3.8, 4) is 0 Å². The number of methoxy groups -OCH3 is 2. The first-order valence-corrected chi connectivity index (χ1v) is 6.64. The van der Waals surface area contributed by atoms with Crippen LogP contribution in [0.3, 0.4) is 0 Å². The lowest BCUT2D eigenvalue weighted by molar-refractivity contribution is 0.0385. The first-order valence-electron chi connectivity index (χ1n) is 6.64. The lowest BCUT2D eigenvalue weighted by Gasteiger charge is -2.35. The number of ether oxygens (including phenoxy) is 2. The van der Waals surface area contributed by atoms with Crippen LogP contribution in [-0.2, 0) is 9.47 Å². The summed E-state index contributed by atoms with van der Waals surface area (Å²) < 4.78 is 10.5. The summed E-state index contributed by atoms with van der Waals surface area (Å²) in [6.45, 7) is 7.74. The zero-order valence-electron chi connectivity index (χ0n) is 11.9. The van der Waals surface area contributed by atoms with E-state index in [1.807, 2.05) is 0 Å². The Bertz CT molecular complexity index is 167. The van der Waals surface area contributed by atoms with Gasteiger partial charge in [0.2, 0.25) is 0 Å². The van der Waals surface area contributed by atoms with E-state index in [1.54, 1.807) is 14.2 Å². The summed E-state index contributed by atoms with van der Waals surface area (Å²) in [6, 6.07) is 1.01. The molecule has 0 fully saturated rings. The van der Waals surface area contributed by atoms with Crippen molar-refractivity contribution < 1.29 is 9.47 Å². The molecule has 2 atom stereocenters. The largest absolute Gasteiger partial charge is 0.383 e. The monoisotopic (exact) mass is 246 g/mol. The molecular weight excluding hydrogens is 216 g/mol. The topological polar surface area (TPSA) is 47.7 Å². The molecule has 0 aromatic rings. The highest BCUT2D eigenvalue weighted by atomic mass is 16.5. The zero-order valence-corrected chi connectivity index (χ0v) is 11.9. The van der Waals surface area contributed by atoms with Crippen LogP contribution in [0, 0.1) is 0 Å². The number of hydrogen-bond donors (Lipinski definition) is 1. The minimum Gasteiger partial charge on any atom is -0.383 e. The Morgan fingerprint density at radius 2 is 1.94 bits per heavy atom. The lowest BCUT2D eigenvalue weighted by atomic mass is 10.1. The van der Waals surface area contributed by atoms with Crippen LogP contribution in [0.25, 0.3) is 0 Å². The molecule has 0 aliphatic heterocycles. The van der Waals surface area contributed by atoms with Gasteiger partial charge in [0.15, 0.2) is 0 Å². The summed E-state index contributed by atoms with van der Waals surface area (Å²) >= 11 is 0. The van der Waals surface area contributed by atoms with E-state index in [0.717, 1.165) is 45.6 Å². The zero-order chi connectivity index (χ0) is 13.1. The first-order chi connectivity index (χ1) is 8.21. The van der Waals surface area contributed by atoms with Gasteiger partial charge in [-0.1, -0.05) is 6.92 Å². The summed E-state index contributed by atoms with van der Waals surface area (Å²) in [6.07, 6.45) is 3.29. The van der Waals surface area contributed by atoms with E-state index in [0.29, 0.717) is 12.1 Å². The Labute approximate surface area is 106 Å². The summed E-state index contributed by atoms with van der Waals surface area (Å²) in [5.74, 6) is 0. The normalized spacial score (nSPS) is 15.2. The number of nitrogens with zero attached hydrogens (tertiary/aromatic N) is 1. The molecule has 104 valence electrons. The van der Waals surface area contributed by atoms with Gasteiger partial charge >= 0.3 is 0 Å². The van der Waals surface area contributed by atoms with Gasteiger partial charge in [-0.25, -0.2) is 0 Å². The molecule has 4 nitrogen and oxygen atoms in total. The van der Waals surface area contributed by atoms with Crippen molar-refractivity contribution in [2.24, 2.45) is 5.73 Å². The summed E-state index contributed by atoms with van der Waals surface area (Å²) in [5, 5.41) is 0. The molecule has 0 bridgehead atoms. The smallest absolute Gasteiger partial charge is 0.0618 e. The molecular formula is C13H30N2O2. The third-order valence-corrected chi connectivity index (χ3v) is 3.28. The Morgan fingerprint density at radius 1 is 1.24 bits per heavy atom. The molecule has 0 amide bonds. The Balaban J connectivity index is 4.42. The molecule has 0 heterocycles. The Kier molecular flexibility index (Phi) is 10.9. The highest BCUT2D eigenvalue weighted by molar-refractivity contribution is 4.76. The van der Waals surface area contributed by atoms with Gasteiger partial charge in [0.05, 0.1) is 13.2 Å². The van der Waals surface area contributed by atoms with Crippen molar-refractivity contribution in [1.82, 2.24) is 4.90 Å². The van der Waals surface area contributed by atoms with Gasteiger partial charge in [0.1, 0.15) is 0 Å². The standard InChI is InChI=1S/C13H30N2O2/c1-5-12(2)15(9-10-16-3)13(11-17-4)7-6-8-14/h12-13H,5-11,14H2,1-4H3. The van der Waals surface area contributed by atoms with Crippen LogP contribution in [0.15, 0.2) is 0 Å². The number of rotatable bonds is 11. The maximum Gasteiger partial charge on any atom is 0.0618 e. The van der Waals surface area contributed by atoms with Gasteiger partial charge in [0, 0.05) is 32.8 Å². The van der Waals surface area contributed by atoms with Gasteiger partial charge in [-0.2, -0.15) is 0 Å². The molecule has 2 N–H and O–H groups in total. The van der Waals surface area contributed by atoms with Crippen LogP contribution in [0.2, 0.25) is 0 Å². The third-order valence-electron chi connectivity index (χ3n) is 3.28. The van der Waals surface area contributed by atoms with Gasteiger partial charge in [0.25, 0.3) is 0 Å². The molecule has 0 spiro atoms. The molecule has 0 aromatic carbocycles. The van der Waals surface area contributed by atoms with E-state index < -0.39 is 0 Å². The lowest BCUT2D eigenvalue weighted by Crippen LogP contribution is -2.46. The molecule has 0 aliphatic rings. The van der Waals surface area contributed by atoms with Crippen molar-refractivity contribution in [3.63, 3.8) is 0 Å². The van der Waals surface area contributed by atoms with Gasteiger partial charge in [-0.3, -0.25) is 4.90 Å². The molecule has 0 rings (SSSR count). The average Bonchev–Trinajstić information content (AvgIpc) is 2.35. The first kappa shape index (κ1) is 16.8. The van der Waals surface area contributed by atoms with Gasteiger partial charge in [-0.15, -0.1) is 0 Å². The van der Waals surface area contributed by atoms with Crippen molar-refractivity contribution in [1.29, 1.82) is 0 Å². The predicted octanol–water partition coefficient (Wildman–Crippen LogP) is 1.49. The maximum atomic E-state index is 5.60. The summed E-state index contributed by atoms with van der Waals surface area (Å²) in [7, 11) is 3.51. The van der Waals surface area contributed by atoms with Crippen LogP contribution < -0.4 is 5.73 Å². The molecule has 4 heteroatoms. The number of hydrogen-bond acceptors (Lipinski definition) is 4. The summed E-state index contributed by atoms with van der Waals surface area (Å²) in [5.41, 5.74) is 5.60. The van der Waals surface area contributed by atoms with Crippen LogP contribution in [0.1, 0.15) is 33.1 Å². The molecule has 0 aromatic heterocycles. The van der Waals surface area contributed by atoms with Crippen molar-refractivity contribution >= 4 is 0 Å². The van der Waals surface area contributed by atoms with Crippen LogP contribution in [-0.4, -0.2) is 57.5 Å². The highest BCUT2D eigenvalue weighted by Gasteiger charge is 2.21. The minimum absolute atomic E-state index is 0.452. The van der Waals surface area contributed by atoms with E-state index in [4.69, 9.17) is 15.2 Å². The Morgan fingerprint density at radius 3 is 2.41 bits per heavy atom. The Hall–Kier alpha value is -0.160. The van der Waals surface area contributed by atoms with Crippen LogP contribution in [0.5, 0.6) is 0 Å². The van der Waals surface area contributed by atoms with Crippen molar-refractivity contribution in [2.45, 2.75) is 45.2 Å². The van der Waals surface area contributed by atoms with Gasteiger partial charge < -0.3 is 15.2 Å². The molecule has 0 aliphatic carbocycles. The van der Waals surface area contributed by atoms with E-state index in [-0.39, 0.29) is 0 Å². The van der Waals surface area contributed by atoms with Crippen LogP contribution in [0.4, 0.5) is 0 Å². The fraction of sp³-hybridized carbons (Fsp3) is 1.00. The minimum atomic E-state index is 0.452. The van der Waals surface area contributed by atoms with Crippen molar-refractivity contribution in [2.75, 3.05) is 40.5 Å². The highest BCUT2D eigenvalue weighted by Crippen LogP contribution is 2.13.